The number of aliphatic carboxylic acids is 1. The highest BCUT2D eigenvalue weighted by Gasteiger charge is 2.29. The molecule has 11 heavy (non-hydrogen) atoms. The van der Waals surface area contributed by atoms with E-state index in [0.29, 0.717) is 6.29 Å². The highest BCUT2D eigenvalue weighted by molar-refractivity contribution is 6.28. The molecule has 3 nitrogen and oxygen atoms in total. The number of rotatable bonds is 4. The molecule has 0 aromatic carbocycles. The Hall–Kier alpha value is -0.570. The van der Waals surface area contributed by atoms with Gasteiger partial charge >= 0.3 is 5.97 Å². The van der Waals surface area contributed by atoms with Gasteiger partial charge in [-0.3, -0.25) is 4.79 Å². The normalized spacial score (nSPS) is 14.1. The Labute approximate surface area is 70.3 Å². The summed E-state index contributed by atoms with van der Waals surface area (Å²) in [6.45, 7) is 3.29. The van der Waals surface area contributed by atoms with Crippen molar-refractivity contribution < 1.29 is 14.7 Å². The predicted octanol–water partition coefficient (Wildman–Crippen LogP) is 1.29. The molecular weight excluding hydrogens is 168 g/mol. The highest BCUT2D eigenvalue weighted by Crippen LogP contribution is 2.27. The number of carbonyl (C=O) groups excluding carboxylic acids is 1. The van der Waals surface area contributed by atoms with Crippen LogP contribution in [0, 0.1) is 5.41 Å². The van der Waals surface area contributed by atoms with E-state index in [1.54, 1.807) is 13.8 Å². The average molecular weight is 179 g/mol. The fraction of sp³-hybridized carbons (Fsp3) is 0.714. The Balaban J connectivity index is 4.19. The second kappa shape index (κ2) is 3.72. The van der Waals surface area contributed by atoms with Crippen LogP contribution in [0.5, 0.6) is 0 Å². The van der Waals surface area contributed by atoms with E-state index >= 15 is 0 Å². The lowest BCUT2D eigenvalue weighted by Gasteiger charge is -2.23. The number of carboxylic acids is 1. The lowest BCUT2D eigenvalue weighted by Crippen LogP contribution is -2.28. The SMILES string of the molecule is CC(C)(CC(=O)O)C(Cl)C=O. The summed E-state index contributed by atoms with van der Waals surface area (Å²) < 4.78 is 0. The zero-order chi connectivity index (χ0) is 9.07. The molecule has 0 fully saturated rings. The summed E-state index contributed by atoms with van der Waals surface area (Å²) in [5.41, 5.74) is -0.671. The molecule has 64 valence electrons. The zero-order valence-corrected chi connectivity index (χ0v) is 7.26. The maximum atomic E-state index is 10.3. The molecule has 0 heterocycles. The van der Waals surface area contributed by atoms with Crippen LogP contribution >= 0.6 is 11.6 Å². The van der Waals surface area contributed by atoms with Gasteiger partial charge in [0.2, 0.25) is 0 Å². The smallest absolute Gasteiger partial charge is 0.303 e. The first-order valence-electron chi connectivity index (χ1n) is 3.21. The summed E-state index contributed by atoms with van der Waals surface area (Å²) >= 11 is 5.57. The molecule has 0 aromatic heterocycles. The van der Waals surface area contributed by atoms with Crippen LogP contribution in [-0.2, 0) is 9.59 Å². The molecule has 0 aliphatic rings. The number of hydrogen-bond acceptors (Lipinski definition) is 2. The molecule has 0 saturated carbocycles. The van der Waals surface area contributed by atoms with Crippen LogP contribution in [0.15, 0.2) is 0 Å². The van der Waals surface area contributed by atoms with Crippen LogP contribution in [-0.4, -0.2) is 22.7 Å². The van der Waals surface area contributed by atoms with Crippen LogP contribution in [0.4, 0.5) is 0 Å². The number of carbonyl (C=O) groups is 2. The summed E-state index contributed by atoms with van der Waals surface area (Å²) in [4.78, 5) is 20.5. The van der Waals surface area contributed by atoms with Gasteiger partial charge in [0.05, 0.1) is 11.8 Å². The standard InChI is InChI=1S/C7H11ClO3/c1-7(2,3-6(10)11)5(8)4-9/h4-5H,3H2,1-2H3,(H,10,11). The third kappa shape index (κ3) is 3.37. The summed E-state index contributed by atoms with van der Waals surface area (Å²) in [6, 6.07) is 0. The number of carboxylic acid groups (broad SMARTS) is 1. The van der Waals surface area contributed by atoms with E-state index in [0.717, 1.165) is 0 Å². The van der Waals surface area contributed by atoms with Gasteiger partial charge in [-0.1, -0.05) is 13.8 Å². The van der Waals surface area contributed by atoms with E-state index in [1.165, 1.54) is 0 Å². The lowest BCUT2D eigenvalue weighted by atomic mass is 9.86. The third-order valence-corrected chi connectivity index (χ3v) is 2.17. The van der Waals surface area contributed by atoms with Crippen LogP contribution in [0.25, 0.3) is 0 Å². The van der Waals surface area contributed by atoms with E-state index in [2.05, 4.69) is 0 Å². The van der Waals surface area contributed by atoms with Gasteiger partial charge in [0.15, 0.2) is 0 Å². The average Bonchev–Trinajstić information content (AvgIpc) is 1.83. The third-order valence-electron chi connectivity index (χ3n) is 1.47. The molecule has 4 heteroatoms. The highest BCUT2D eigenvalue weighted by atomic mass is 35.5. The first-order valence-corrected chi connectivity index (χ1v) is 3.65. The molecule has 0 spiro atoms. The van der Waals surface area contributed by atoms with Crippen molar-refractivity contribution in [1.29, 1.82) is 0 Å². The van der Waals surface area contributed by atoms with E-state index in [-0.39, 0.29) is 6.42 Å². The van der Waals surface area contributed by atoms with Gasteiger partial charge in [0.25, 0.3) is 0 Å². The first-order chi connectivity index (χ1) is 4.90. The molecule has 0 bridgehead atoms. The summed E-state index contributed by atoms with van der Waals surface area (Å²) in [6.07, 6.45) is 0.463. The minimum atomic E-state index is -0.942. The molecule has 0 aromatic rings. The van der Waals surface area contributed by atoms with Crippen molar-refractivity contribution >= 4 is 23.9 Å². The van der Waals surface area contributed by atoms with Crippen molar-refractivity contribution in [2.75, 3.05) is 0 Å². The van der Waals surface area contributed by atoms with Gasteiger partial charge in [-0.2, -0.15) is 0 Å². The Bertz CT molecular complexity index is 165. The van der Waals surface area contributed by atoms with Crippen molar-refractivity contribution in [2.45, 2.75) is 25.6 Å². The molecule has 0 aliphatic heterocycles. The van der Waals surface area contributed by atoms with Gasteiger partial charge in [-0.25, -0.2) is 0 Å². The number of halogens is 1. The maximum absolute atomic E-state index is 10.3. The van der Waals surface area contributed by atoms with Crippen molar-refractivity contribution in [3.63, 3.8) is 0 Å². The first kappa shape index (κ1) is 10.4. The topological polar surface area (TPSA) is 54.4 Å². The molecule has 0 rings (SSSR count). The Morgan fingerprint density at radius 1 is 1.73 bits per heavy atom. The van der Waals surface area contributed by atoms with Crippen LogP contribution in [0.2, 0.25) is 0 Å². The molecule has 0 aliphatic carbocycles. The molecular formula is C7H11ClO3. The van der Waals surface area contributed by atoms with Crippen LogP contribution in [0.1, 0.15) is 20.3 Å². The zero-order valence-electron chi connectivity index (χ0n) is 6.50. The monoisotopic (exact) mass is 178 g/mol. The van der Waals surface area contributed by atoms with Crippen LogP contribution < -0.4 is 0 Å². The fourth-order valence-electron chi connectivity index (χ4n) is 0.671. The molecule has 1 atom stereocenters. The summed E-state index contributed by atoms with van der Waals surface area (Å²) in [5.74, 6) is -0.942. The van der Waals surface area contributed by atoms with Crippen molar-refractivity contribution in [2.24, 2.45) is 5.41 Å². The van der Waals surface area contributed by atoms with Gasteiger partial charge in [-0.05, 0) is 5.41 Å². The minimum Gasteiger partial charge on any atom is -0.481 e. The Kier molecular flexibility index (Phi) is 3.52. The maximum Gasteiger partial charge on any atom is 0.303 e. The Morgan fingerprint density at radius 3 is 2.45 bits per heavy atom. The minimum absolute atomic E-state index is 0.0973. The van der Waals surface area contributed by atoms with Gasteiger partial charge in [-0.15, -0.1) is 11.6 Å². The lowest BCUT2D eigenvalue weighted by molar-refractivity contribution is -0.139. The van der Waals surface area contributed by atoms with Crippen molar-refractivity contribution in [1.82, 2.24) is 0 Å². The van der Waals surface area contributed by atoms with Crippen LogP contribution in [0.3, 0.4) is 0 Å². The number of alkyl halides is 1. The largest absolute Gasteiger partial charge is 0.481 e. The fourth-order valence-corrected chi connectivity index (χ4v) is 0.749. The van der Waals surface area contributed by atoms with Crippen molar-refractivity contribution in [3.05, 3.63) is 0 Å². The van der Waals surface area contributed by atoms with Gasteiger partial charge in [0, 0.05) is 0 Å². The van der Waals surface area contributed by atoms with E-state index in [1.807, 2.05) is 0 Å². The second-order valence-electron chi connectivity index (χ2n) is 3.10. The molecule has 0 amide bonds. The summed E-state index contributed by atoms with van der Waals surface area (Å²) in [5, 5.41) is 7.68. The molecule has 0 radical (unpaired) electrons. The Morgan fingerprint density at radius 2 is 2.18 bits per heavy atom. The van der Waals surface area contributed by atoms with Crippen molar-refractivity contribution in [3.8, 4) is 0 Å². The predicted molar refractivity (Wildman–Crippen MR) is 41.7 cm³/mol. The van der Waals surface area contributed by atoms with E-state index < -0.39 is 16.8 Å². The number of aldehydes is 1. The quantitative estimate of drug-likeness (QED) is 0.522. The molecule has 1 unspecified atom stereocenters. The molecule has 0 saturated heterocycles. The second-order valence-corrected chi connectivity index (χ2v) is 3.57. The number of hydrogen-bond donors (Lipinski definition) is 1. The van der Waals surface area contributed by atoms with E-state index in [4.69, 9.17) is 16.7 Å². The van der Waals surface area contributed by atoms with Gasteiger partial charge in [0.1, 0.15) is 6.29 Å². The van der Waals surface area contributed by atoms with Gasteiger partial charge < -0.3 is 9.90 Å². The van der Waals surface area contributed by atoms with E-state index in [9.17, 15) is 9.59 Å². The summed E-state index contributed by atoms with van der Waals surface area (Å²) in [7, 11) is 0. The molecule has 1 N–H and O–H groups in total.